The van der Waals surface area contributed by atoms with Gasteiger partial charge in [0.15, 0.2) is 10.9 Å². The van der Waals surface area contributed by atoms with Gasteiger partial charge in [-0.15, -0.1) is 0 Å². The number of benzene rings is 2. The first kappa shape index (κ1) is 21.1. The Kier molecular flexibility index (Phi) is 6.08. The quantitative estimate of drug-likeness (QED) is 0.486. The van der Waals surface area contributed by atoms with Gasteiger partial charge < -0.3 is 4.90 Å². The number of rotatable bonds is 7. The molecular formula is C23H21F2N3O2S. The van der Waals surface area contributed by atoms with Crippen LogP contribution >= 0.6 is 11.3 Å². The minimum Gasteiger partial charge on any atom is -0.318 e. The van der Waals surface area contributed by atoms with Gasteiger partial charge in [0.05, 0.1) is 10.6 Å². The van der Waals surface area contributed by atoms with Crippen LogP contribution in [0.25, 0.3) is 0 Å². The minimum absolute atomic E-state index is 0.0413. The van der Waals surface area contributed by atoms with E-state index in [1.807, 2.05) is 0 Å². The lowest BCUT2D eigenvalue weighted by Crippen LogP contribution is -2.31. The highest BCUT2D eigenvalue weighted by Crippen LogP contribution is 2.30. The summed E-state index contributed by atoms with van der Waals surface area (Å²) in [4.78, 5) is 33.8. The van der Waals surface area contributed by atoms with E-state index < -0.39 is 0 Å². The number of aryl methyl sites for hydroxylation is 2. The van der Waals surface area contributed by atoms with Gasteiger partial charge in [-0.05, 0) is 48.7 Å². The number of hydrogen-bond acceptors (Lipinski definition) is 4. The normalized spacial score (nSPS) is 13.8. The smallest absolute Gasteiger partial charge is 0.318 e. The highest BCUT2D eigenvalue weighted by Gasteiger charge is 2.32. The monoisotopic (exact) mass is 441 g/mol. The van der Waals surface area contributed by atoms with Crippen molar-refractivity contribution < 1.29 is 18.4 Å². The van der Waals surface area contributed by atoms with Crippen LogP contribution in [0.2, 0.25) is 0 Å². The summed E-state index contributed by atoms with van der Waals surface area (Å²) >= 11 is 1.22. The largest absolute Gasteiger partial charge is 0.326 e. The van der Waals surface area contributed by atoms with Crippen LogP contribution in [0.5, 0.6) is 0 Å². The maximum Gasteiger partial charge on any atom is 0.326 e. The molecule has 0 aliphatic carbocycles. The first-order valence-electron chi connectivity index (χ1n) is 9.96. The maximum absolute atomic E-state index is 13.1. The number of halogens is 2. The molecule has 8 heteroatoms. The molecule has 1 aromatic heterocycles. The number of Topliss-reactive ketones (excluding diaryl/α,β-unsaturated/α-hetero) is 1. The number of nitrogens with zero attached hydrogens (tertiary/aromatic N) is 3. The molecule has 3 aromatic rings. The van der Waals surface area contributed by atoms with Crippen LogP contribution in [0.3, 0.4) is 0 Å². The van der Waals surface area contributed by atoms with Crippen molar-refractivity contribution in [2.24, 2.45) is 0 Å². The molecular weight excluding hydrogens is 420 g/mol. The van der Waals surface area contributed by atoms with Crippen LogP contribution < -0.4 is 4.90 Å². The number of carbonyl (C=O) groups is 2. The topological polar surface area (TPSA) is 53.5 Å². The first-order valence-corrected chi connectivity index (χ1v) is 10.8. The van der Waals surface area contributed by atoms with E-state index in [-0.39, 0.29) is 23.4 Å². The molecule has 31 heavy (non-hydrogen) atoms. The van der Waals surface area contributed by atoms with Crippen LogP contribution in [-0.4, -0.2) is 34.8 Å². The Morgan fingerprint density at radius 3 is 2.26 bits per heavy atom. The van der Waals surface area contributed by atoms with E-state index in [0.717, 1.165) is 11.1 Å². The van der Waals surface area contributed by atoms with E-state index in [1.165, 1.54) is 35.6 Å². The van der Waals surface area contributed by atoms with Gasteiger partial charge in [-0.2, -0.15) is 0 Å². The van der Waals surface area contributed by atoms with Gasteiger partial charge in [0, 0.05) is 26.1 Å². The van der Waals surface area contributed by atoms with E-state index in [0.29, 0.717) is 48.2 Å². The van der Waals surface area contributed by atoms with Gasteiger partial charge in [0.25, 0.3) is 0 Å². The Hall–Kier alpha value is -3.13. The van der Waals surface area contributed by atoms with Crippen molar-refractivity contribution in [1.82, 2.24) is 9.88 Å². The summed E-state index contributed by atoms with van der Waals surface area (Å²) in [7, 11) is 0. The highest BCUT2D eigenvalue weighted by atomic mass is 32.1. The van der Waals surface area contributed by atoms with Gasteiger partial charge in [-0.3, -0.25) is 9.69 Å². The summed E-state index contributed by atoms with van der Waals surface area (Å²) in [6.07, 6.45) is 0.804. The molecule has 2 amide bonds. The number of carbonyl (C=O) groups excluding carboxylic acids is 2. The van der Waals surface area contributed by atoms with E-state index in [2.05, 4.69) is 4.98 Å². The second-order valence-corrected chi connectivity index (χ2v) is 8.42. The van der Waals surface area contributed by atoms with E-state index >= 15 is 0 Å². The van der Waals surface area contributed by atoms with Crippen molar-refractivity contribution in [3.8, 4) is 0 Å². The Bertz CT molecular complexity index is 1100. The molecule has 5 nitrogen and oxygen atoms in total. The Morgan fingerprint density at radius 1 is 1.00 bits per heavy atom. The Morgan fingerprint density at radius 2 is 1.61 bits per heavy atom. The number of thiazole rings is 1. The first-order chi connectivity index (χ1) is 14.9. The summed E-state index contributed by atoms with van der Waals surface area (Å²) in [5.41, 5.74) is 2.35. The van der Waals surface area contributed by atoms with Gasteiger partial charge in [-0.1, -0.05) is 35.6 Å². The lowest BCUT2D eigenvalue weighted by atomic mass is 10.1. The van der Waals surface area contributed by atoms with Gasteiger partial charge in [-0.25, -0.2) is 18.6 Å². The summed E-state index contributed by atoms with van der Waals surface area (Å²) in [5, 5.41) is 0.509. The van der Waals surface area contributed by atoms with Crippen LogP contribution in [0.4, 0.5) is 18.7 Å². The molecule has 2 heterocycles. The van der Waals surface area contributed by atoms with Gasteiger partial charge >= 0.3 is 6.03 Å². The molecule has 1 saturated heterocycles. The number of ketones is 1. The molecule has 0 bridgehead atoms. The third-order valence-corrected chi connectivity index (χ3v) is 6.43. The van der Waals surface area contributed by atoms with E-state index in [1.54, 1.807) is 41.0 Å². The molecule has 0 atom stereocenters. The third-order valence-electron chi connectivity index (χ3n) is 5.21. The fourth-order valence-electron chi connectivity index (χ4n) is 3.50. The lowest BCUT2D eigenvalue weighted by molar-refractivity contribution is 0.0986. The molecule has 0 unspecified atom stereocenters. The molecule has 160 valence electrons. The molecule has 0 saturated carbocycles. The highest BCUT2D eigenvalue weighted by molar-refractivity contribution is 7.17. The molecule has 0 spiro atoms. The third kappa shape index (κ3) is 4.80. The van der Waals surface area contributed by atoms with Crippen LogP contribution in [-0.2, 0) is 13.0 Å². The molecule has 0 radical (unpaired) electrons. The Labute approximate surface area is 182 Å². The predicted octanol–water partition coefficient (Wildman–Crippen LogP) is 4.99. The Balaban J connectivity index is 1.40. The van der Waals surface area contributed by atoms with Crippen molar-refractivity contribution in [1.29, 1.82) is 0 Å². The molecule has 0 N–H and O–H groups in total. The fraction of sp³-hybridized carbons (Fsp3) is 0.261. The fourth-order valence-corrected chi connectivity index (χ4v) is 4.55. The number of amides is 2. The van der Waals surface area contributed by atoms with Gasteiger partial charge in [0.1, 0.15) is 11.6 Å². The second kappa shape index (κ2) is 8.93. The van der Waals surface area contributed by atoms with Gasteiger partial charge in [0.2, 0.25) is 0 Å². The van der Waals surface area contributed by atoms with Crippen molar-refractivity contribution in [3.05, 3.63) is 81.9 Å². The maximum atomic E-state index is 13.1. The summed E-state index contributed by atoms with van der Waals surface area (Å²) < 4.78 is 26.1. The number of urea groups is 1. The average Bonchev–Trinajstić information content (AvgIpc) is 3.31. The zero-order chi connectivity index (χ0) is 22.0. The molecule has 1 fully saturated rings. The zero-order valence-electron chi connectivity index (χ0n) is 17.0. The summed E-state index contributed by atoms with van der Waals surface area (Å²) in [6.45, 7) is 3.17. The molecule has 4 rings (SSSR count). The molecule has 1 aliphatic rings. The predicted molar refractivity (Wildman–Crippen MR) is 115 cm³/mol. The summed E-state index contributed by atoms with van der Waals surface area (Å²) in [5.74, 6) is -0.657. The van der Waals surface area contributed by atoms with E-state index in [9.17, 15) is 18.4 Å². The van der Waals surface area contributed by atoms with Crippen LogP contribution in [0, 0.1) is 18.6 Å². The van der Waals surface area contributed by atoms with E-state index in [4.69, 9.17) is 0 Å². The number of aromatic nitrogens is 1. The SMILES string of the molecule is Cc1nc(N2CCN(Cc3ccc(F)cc3)C2=O)sc1C(=O)CCc1ccc(F)cc1. The average molecular weight is 442 g/mol. The van der Waals surface area contributed by atoms with Crippen molar-refractivity contribution >= 4 is 28.3 Å². The van der Waals surface area contributed by atoms with Crippen molar-refractivity contribution in [2.45, 2.75) is 26.3 Å². The standard InChI is InChI=1S/C23H21F2N3O2S/c1-15-21(20(29)11-6-16-2-7-18(24)8-3-16)31-22(26-15)28-13-12-27(23(28)30)14-17-4-9-19(25)10-5-17/h2-5,7-10H,6,11-14H2,1H3. The molecule has 1 aliphatic heterocycles. The zero-order valence-corrected chi connectivity index (χ0v) is 17.8. The van der Waals surface area contributed by atoms with Crippen LogP contribution in [0.15, 0.2) is 48.5 Å². The summed E-state index contributed by atoms with van der Waals surface area (Å²) in [6, 6.07) is 12.0. The minimum atomic E-state index is -0.312. The molecule has 2 aromatic carbocycles. The lowest BCUT2D eigenvalue weighted by Gasteiger charge is -2.16. The van der Waals surface area contributed by atoms with Crippen molar-refractivity contribution in [3.63, 3.8) is 0 Å². The number of anilines is 1. The van der Waals surface area contributed by atoms with Crippen LogP contribution in [0.1, 0.15) is 32.9 Å². The van der Waals surface area contributed by atoms with Crippen molar-refractivity contribution in [2.75, 3.05) is 18.0 Å². The number of hydrogen-bond donors (Lipinski definition) is 0. The second-order valence-electron chi connectivity index (χ2n) is 7.44.